The topological polar surface area (TPSA) is 49.9 Å². The zero-order valence-corrected chi connectivity index (χ0v) is 18.4. The number of rotatable bonds is 6. The lowest BCUT2D eigenvalue weighted by Crippen LogP contribution is -2.41. The number of amides is 2. The summed E-state index contributed by atoms with van der Waals surface area (Å²) in [5.41, 5.74) is 4.03. The molecule has 2 heterocycles. The Labute approximate surface area is 186 Å². The molecule has 160 valence electrons. The summed E-state index contributed by atoms with van der Waals surface area (Å²) < 4.78 is 5.32. The molecule has 0 spiro atoms. The zero-order valence-electron chi connectivity index (χ0n) is 17.6. The number of carbonyl (C=O) groups excluding carboxylic acids is 2. The van der Waals surface area contributed by atoms with Gasteiger partial charge < -0.3 is 14.5 Å². The number of hydrogen-bond donors (Lipinski definition) is 0. The Morgan fingerprint density at radius 1 is 1.00 bits per heavy atom. The van der Waals surface area contributed by atoms with Crippen molar-refractivity contribution in [1.82, 2.24) is 4.90 Å². The van der Waals surface area contributed by atoms with Crippen LogP contribution in [-0.4, -0.2) is 43.0 Å². The number of ether oxygens (including phenoxy) is 1. The van der Waals surface area contributed by atoms with Crippen LogP contribution in [0.3, 0.4) is 0 Å². The van der Waals surface area contributed by atoms with Crippen LogP contribution < -0.4 is 4.90 Å². The Kier molecular flexibility index (Phi) is 6.79. The van der Waals surface area contributed by atoms with Crippen LogP contribution in [0.25, 0.3) is 0 Å². The highest BCUT2D eigenvalue weighted by Crippen LogP contribution is 2.24. The van der Waals surface area contributed by atoms with Gasteiger partial charge in [0.1, 0.15) is 0 Å². The Hall–Kier alpha value is -2.96. The molecule has 4 rings (SSSR count). The Morgan fingerprint density at radius 3 is 2.42 bits per heavy atom. The summed E-state index contributed by atoms with van der Waals surface area (Å²) in [7, 11) is 0. The molecule has 1 aliphatic rings. The van der Waals surface area contributed by atoms with Gasteiger partial charge in [-0.3, -0.25) is 9.59 Å². The second-order valence-corrected chi connectivity index (χ2v) is 8.58. The molecule has 0 radical (unpaired) electrons. The largest absolute Gasteiger partial charge is 0.378 e. The molecule has 1 fully saturated rings. The molecule has 2 amide bonds. The second-order valence-electron chi connectivity index (χ2n) is 7.63. The third kappa shape index (κ3) is 5.21. The minimum absolute atomic E-state index is 0.0182. The van der Waals surface area contributed by atoms with Crippen LogP contribution in [0.4, 0.5) is 5.69 Å². The standard InChI is InChI=1S/C25H26N2O3S/c1-19-5-2-3-6-21(19)18-27(25(29)23-7-4-16-31-23)22-10-8-20(9-11-22)17-24(28)26-12-14-30-15-13-26/h2-11,16H,12-15,17-18H2,1H3. The summed E-state index contributed by atoms with van der Waals surface area (Å²) >= 11 is 1.44. The van der Waals surface area contributed by atoms with Gasteiger partial charge in [0.2, 0.25) is 5.91 Å². The summed E-state index contributed by atoms with van der Waals surface area (Å²) in [4.78, 5) is 30.2. The van der Waals surface area contributed by atoms with Crippen LogP contribution in [0.1, 0.15) is 26.4 Å². The van der Waals surface area contributed by atoms with E-state index in [2.05, 4.69) is 19.1 Å². The van der Waals surface area contributed by atoms with Crippen LogP contribution >= 0.6 is 11.3 Å². The molecular weight excluding hydrogens is 408 g/mol. The smallest absolute Gasteiger partial charge is 0.268 e. The number of benzene rings is 2. The van der Waals surface area contributed by atoms with Gasteiger partial charge in [0.05, 0.1) is 31.1 Å². The highest BCUT2D eigenvalue weighted by atomic mass is 32.1. The van der Waals surface area contributed by atoms with Crippen molar-refractivity contribution in [2.45, 2.75) is 19.9 Å². The second kappa shape index (κ2) is 9.90. The number of aryl methyl sites for hydroxylation is 1. The lowest BCUT2D eigenvalue weighted by atomic mass is 10.1. The number of nitrogens with zero attached hydrogens (tertiary/aromatic N) is 2. The van der Waals surface area contributed by atoms with Crippen LogP contribution in [0, 0.1) is 6.92 Å². The molecule has 3 aromatic rings. The van der Waals surface area contributed by atoms with Gasteiger partial charge in [-0.25, -0.2) is 0 Å². The predicted octanol–water partition coefficient (Wildman–Crippen LogP) is 4.30. The molecule has 0 bridgehead atoms. The average molecular weight is 435 g/mol. The van der Waals surface area contributed by atoms with Crippen molar-refractivity contribution in [3.05, 3.63) is 87.6 Å². The molecule has 5 nitrogen and oxygen atoms in total. The first-order valence-electron chi connectivity index (χ1n) is 10.5. The predicted molar refractivity (Wildman–Crippen MR) is 124 cm³/mol. The van der Waals surface area contributed by atoms with E-state index in [1.165, 1.54) is 11.3 Å². The fourth-order valence-electron chi connectivity index (χ4n) is 3.66. The molecule has 0 aliphatic carbocycles. The number of carbonyl (C=O) groups is 2. The molecule has 1 saturated heterocycles. The highest BCUT2D eigenvalue weighted by molar-refractivity contribution is 7.12. The van der Waals surface area contributed by atoms with Crippen molar-refractivity contribution in [2.24, 2.45) is 0 Å². The van der Waals surface area contributed by atoms with Gasteiger partial charge in [-0.15, -0.1) is 11.3 Å². The van der Waals surface area contributed by atoms with Gasteiger partial charge in [-0.05, 0) is 47.2 Å². The minimum atomic E-state index is -0.0182. The van der Waals surface area contributed by atoms with Gasteiger partial charge in [-0.1, -0.05) is 42.5 Å². The van der Waals surface area contributed by atoms with Gasteiger partial charge >= 0.3 is 0 Å². The normalized spacial score (nSPS) is 13.8. The fraction of sp³-hybridized carbons (Fsp3) is 0.280. The summed E-state index contributed by atoms with van der Waals surface area (Å²) in [6.45, 7) is 5.05. The van der Waals surface area contributed by atoms with E-state index in [1.807, 2.05) is 63.7 Å². The molecule has 0 unspecified atom stereocenters. The van der Waals surface area contributed by atoms with E-state index >= 15 is 0 Å². The third-order valence-corrected chi connectivity index (χ3v) is 6.39. The molecule has 6 heteroatoms. The van der Waals surface area contributed by atoms with Crippen molar-refractivity contribution in [3.63, 3.8) is 0 Å². The number of hydrogen-bond acceptors (Lipinski definition) is 4. The van der Waals surface area contributed by atoms with E-state index in [1.54, 1.807) is 0 Å². The van der Waals surface area contributed by atoms with E-state index in [4.69, 9.17) is 4.74 Å². The molecule has 0 saturated carbocycles. The first-order chi connectivity index (χ1) is 15.1. The van der Waals surface area contributed by atoms with Crippen molar-refractivity contribution in [2.75, 3.05) is 31.2 Å². The van der Waals surface area contributed by atoms with Crippen molar-refractivity contribution in [3.8, 4) is 0 Å². The number of anilines is 1. The van der Waals surface area contributed by atoms with Crippen molar-refractivity contribution >= 4 is 28.8 Å². The van der Waals surface area contributed by atoms with Gasteiger partial charge in [0.15, 0.2) is 0 Å². The van der Waals surface area contributed by atoms with Crippen LogP contribution in [0.15, 0.2) is 66.0 Å². The maximum Gasteiger partial charge on any atom is 0.268 e. The Bertz CT molecular complexity index is 1030. The third-order valence-electron chi connectivity index (χ3n) is 5.53. The average Bonchev–Trinajstić information content (AvgIpc) is 3.34. The first-order valence-corrected chi connectivity index (χ1v) is 11.3. The highest BCUT2D eigenvalue weighted by Gasteiger charge is 2.21. The van der Waals surface area contributed by atoms with E-state index in [9.17, 15) is 9.59 Å². The Morgan fingerprint density at radius 2 is 1.74 bits per heavy atom. The van der Waals surface area contributed by atoms with E-state index in [0.717, 1.165) is 22.4 Å². The summed E-state index contributed by atoms with van der Waals surface area (Å²) in [6, 6.07) is 19.6. The first kappa shape index (κ1) is 21.3. The molecule has 1 aliphatic heterocycles. The molecule has 31 heavy (non-hydrogen) atoms. The quantitative estimate of drug-likeness (QED) is 0.581. The number of morpholine rings is 1. The van der Waals surface area contributed by atoms with Gasteiger partial charge in [-0.2, -0.15) is 0 Å². The van der Waals surface area contributed by atoms with Crippen molar-refractivity contribution in [1.29, 1.82) is 0 Å². The van der Waals surface area contributed by atoms with E-state index in [-0.39, 0.29) is 11.8 Å². The minimum Gasteiger partial charge on any atom is -0.378 e. The lowest BCUT2D eigenvalue weighted by molar-refractivity contribution is -0.134. The van der Waals surface area contributed by atoms with Crippen LogP contribution in [0.2, 0.25) is 0 Å². The monoisotopic (exact) mass is 434 g/mol. The lowest BCUT2D eigenvalue weighted by Gasteiger charge is -2.27. The maximum absolute atomic E-state index is 13.3. The fourth-order valence-corrected chi connectivity index (χ4v) is 4.34. The number of thiophene rings is 1. The Balaban J connectivity index is 1.54. The summed E-state index contributed by atoms with van der Waals surface area (Å²) in [6.07, 6.45) is 0.358. The van der Waals surface area contributed by atoms with Crippen LogP contribution in [0.5, 0.6) is 0 Å². The zero-order chi connectivity index (χ0) is 21.6. The molecule has 2 aromatic carbocycles. The summed E-state index contributed by atoms with van der Waals surface area (Å²) in [5, 5.41) is 1.92. The van der Waals surface area contributed by atoms with Crippen LogP contribution in [-0.2, 0) is 22.5 Å². The van der Waals surface area contributed by atoms with E-state index < -0.39 is 0 Å². The van der Waals surface area contributed by atoms with E-state index in [0.29, 0.717) is 44.1 Å². The maximum atomic E-state index is 13.3. The summed E-state index contributed by atoms with van der Waals surface area (Å²) in [5.74, 6) is 0.0953. The van der Waals surface area contributed by atoms with Gasteiger partial charge in [0.25, 0.3) is 5.91 Å². The van der Waals surface area contributed by atoms with Gasteiger partial charge in [0, 0.05) is 18.8 Å². The molecule has 0 atom stereocenters. The molecule has 0 N–H and O–H groups in total. The molecular formula is C25H26N2O3S. The molecule has 1 aromatic heterocycles. The SMILES string of the molecule is Cc1ccccc1CN(C(=O)c1cccs1)c1ccc(CC(=O)N2CCOCC2)cc1. The van der Waals surface area contributed by atoms with Crippen molar-refractivity contribution < 1.29 is 14.3 Å².